The number of rotatable bonds is 5. The molecule has 138 valence electrons. The first-order chi connectivity index (χ1) is 11.4. The first kappa shape index (κ1) is 19.9. The first-order valence-electron chi connectivity index (χ1n) is 8.20. The second-order valence-corrected chi connectivity index (χ2v) is 8.69. The zero-order valence-electron chi connectivity index (χ0n) is 14.4. The highest BCUT2D eigenvalue weighted by Crippen LogP contribution is 2.30. The zero-order chi connectivity index (χ0) is 17.3. The Bertz CT molecular complexity index is 792. The molecule has 0 unspecified atom stereocenters. The molecular weight excluding hydrogens is 360 g/mol. The van der Waals surface area contributed by atoms with Crippen LogP contribution in [0.4, 0.5) is 0 Å². The minimum absolute atomic E-state index is 0. The summed E-state index contributed by atoms with van der Waals surface area (Å²) in [5.41, 5.74) is 7.29. The van der Waals surface area contributed by atoms with Crippen molar-refractivity contribution in [1.29, 1.82) is 0 Å². The van der Waals surface area contributed by atoms with Crippen LogP contribution >= 0.6 is 12.4 Å². The Balaban J connectivity index is 0.00000225. The number of hydrogen-bond donors (Lipinski definition) is 1. The second kappa shape index (κ2) is 7.86. The van der Waals surface area contributed by atoms with Crippen LogP contribution in [0.15, 0.2) is 47.9 Å². The molecule has 8 heteroatoms. The van der Waals surface area contributed by atoms with Gasteiger partial charge < -0.3 is 10.3 Å². The number of nitrogens with two attached hydrogens (primary N) is 1. The van der Waals surface area contributed by atoms with Crippen molar-refractivity contribution in [3.63, 3.8) is 0 Å². The summed E-state index contributed by atoms with van der Waals surface area (Å²) < 4.78 is 29.0. The fraction of sp³-hybridized carbons (Fsp3) is 0.471. The molecule has 0 aliphatic carbocycles. The molecule has 2 heterocycles. The molecule has 1 aromatic carbocycles. The van der Waals surface area contributed by atoms with E-state index in [1.165, 1.54) is 4.31 Å². The summed E-state index contributed by atoms with van der Waals surface area (Å²) in [6.07, 6.45) is 3.19. The maximum absolute atomic E-state index is 12.9. The van der Waals surface area contributed by atoms with Gasteiger partial charge in [-0.2, -0.15) is 4.31 Å². The minimum Gasteiger partial charge on any atom is -0.336 e. The Labute approximate surface area is 155 Å². The average molecular weight is 385 g/mol. The van der Waals surface area contributed by atoms with Gasteiger partial charge in [0.1, 0.15) is 0 Å². The van der Waals surface area contributed by atoms with Crippen molar-refractivity contribution in [2.75, 3.05) is 13.1 Å². The smallest absolute Gasteiger partial charge is 0.262 e. The lowest BCUT2D eigenvalue weighted by Crippen LogP contribution is -2.32. The maximum Gasteiger partial charge on any atom is 0.262 e. The molecule has 2 atom stereocenters. The van der Waals surface area contributed by atoms with Gasteiger partial charge in [0, 0.05) is 37.8 Å². The van der Waals surface area contributed by atoms with Gasteiger partial charge in [0.15, 0.2) is 5.03 Å². The van der Waals surface area contributed by atoms with Crippen LogP contribution in [0, 0.1) is 5.92 Å². The van der Waals surface area contributed by atoms with Gasteiger partial charge in [-0.15, -0.1) is 12.4 Å². The predicted octanol–water partition coefficient (Wildman–Crippen LogP) is 2.08. The second-order valence-electron chi connectivity index (χ2n) is 6.81. The molecule has 3 rings (SSSR count). The maximum atomic E-state index is 12.9. The molecule has 25 heavy (non-hydrogen) atoms. The fourth-order valence-electron chi connectivity index (χ4n) is 3.17. The van der Waals surface area contributed by atoms with Crippen LogP contribution in [0.25, 0.3) is 0 Å². The van der Waals surface area contributed by atoms with E-state index in [1.807, 2.05) is 34.9 Å². The third kappa shape index (κ3) is 4.23. The molecule has 0 bridgehead atoms. The molecule has 2 N–H and O–H groups in total. The van der Waals surface area contributed by atoms with E-state index in [2.05, 4.69) is 18.8 Å². The molecule has 1 saturated heterocycles. The molecule has 0 spiro atoms. The Morgan fingerprint density at radius 1 is 1.24 bits per heavy atom. The minimum atomic E-state index is -3.61. The van der Waals surface area contributed by atoms with E-state index in [1.54, 1.807) is 12.5 Å². The van der Waals surface area contributed by atoms with Crippen molar-refractivity contribution in [3.8, 4) is 0 Å². The fourth-order valence-corrected chi connectivity index (χ4v) is 4.61. The number of imidazole rings is 1. The third-order valence-electron chi connectivity index (χ3n) is 4.35. The van der Waals surface area contributed by atoms with Crippen molar-refractivity contribution < 1.29 is 8.42 Å². The van der Waals surface area contributed by atoms with Crippen LogP contribution in [-0.2, 0) is 16.6 Å². The van der Waals surface area contributed by atoms with Gasteiger partial charge >= 0.3 is 0 Å². The summed E-state index contributed by atoms with van der Waals surface area (Å²) in [5, 5.41) is 0.101. The van der Waals surface area contributed by atoms with E-state index in [4.69, 9.17) is 5.73 Å². The van der Waals surface area contributed by atoms with Crippen LogP contribution < -0.4 is 5.73 Å². The Kier molecular flexibility index (Phi) is 6.26. The summed E-state index contributed by atoms with van der Waals surface area (Å²) in [4.78, 5) is 4.10. The first-order valence-corrected chi connectivity index (χ1v) is 9.64. The summed E-state index contributed by atoms with van der Waals surface area (Å²) in [6.45, 7) is 5.62. The van der Waals surface area contributed by atoms with Gasteiger partial charge in [-0.25, -0.2) is 13.4 Å². The number of aromatic nitrogens is 2. The van der Waals surface area contributed by atoms with E-state index >= 15 is 0 Å². The van der Waals surface area contributed by atoms with Gasteiger partial charge in [-0.3, -0.25) is 0 Å². The number of hydrogen-bond acceptors (Lipinski definition) is 4. The van der Waals surface area contributed by atoms with Crippen molar-refractivity contribution in [1.82, 2.24) is 13.9 Å². The van der Waals surface area contributed by atoms with Gasteiger partial charge in [0.25, 0.3) is 10.0 Å². The largest absolute Gasteiger partial charge is 0.336 e. The summed E-state index contributed by atoms with van der Waals surface area (Å²) in [5.74, 6) is 0.441. The van der Waals surface area contributed by atoms with Crippen LogP contribution in [0.3, 0.4) is 0 Å². The molecule has 0 saturated carbocycles. The number of sulfonamides is 1. The lowest BCUT2D eigenvalue weighted by molar-refractivity contribution is 0.467. The predicted molar refractivity (Wildman–Crippen MR) is 100 cm³/mol. The normalized spacial score (nSPS) is 21.4. The Morgan fingerprint density at radius 3 is 2.56 bits per heavy atom. The molecular formula is C17H25ClN4O2S. The quantitative estimate of drug-likeness (QED) is 0.855. The number of nitrogens with zero attached hydrogens (tertiary/aromatic N) is 3. The van der Waals surface area contributed by atoms with E-state index in [-0.39, 0.29) is 29.4 Å². The summed E-state index contributed by atoms with van der Waals surface area (Å²) >= 11 is 0. The Morgan fingerprint density at radius 2 is 1.92 bits per heavy atom. The van der Waals surface area contributed by atoms with E-state index in [9.17, 15) is 8.42 Å². The highest BCUT2D eigenvalue weighted by Gasteiger charge is 2.39. The third-order valence-corrected chi connectivity index (χ3v) is 6.07. The monoisotopic (exact) mass is 384 g/mol. The van der Waals surface area contributed by atoms with Gasteiger partial charge in [-0.1, -0.05) is 44.2 Å². The molecule has 6 nitrogen and oxygen atoms in total. The topological polar surface area (TPSA) is 81.2 Å². The molecule has 0 amide bonds. The van der Waals surface area contributed by atoms with Gasteiger partial charge in [-0.05, 0) is 11.5 Å². The van der Waals surface area contributed by atoms with Crippen LogP contribution in [-0.4, -0.2) is 41.4 Å². The van der Waals surface area contributed by atoms with Crippen LogP contribution in [0.2, 0.25) is 0 Å². The molecule has 1 fully saturated rings. The van der Waals surface area contributed by atoms with Crippen LogP contribution in [0.1, 0.15) is 25.3 Å². The zero-order valence-corrected chi connectivity index (χ0v) is 16.1. The lowest BCUT2D eigenvalue weighted by Gasteiger charge is -2.15. The van der Waals surface area contributed by atoms with Crippen molar-refractivity contribution in [2.24, 2.45) is 11.7 Å². The standard InChI is InChI=1S/C17H24N4O2S.ClH/c1-13(2)8-20-11-17(19-12-20)24(22,23)21-9-15(16(18)10-21)14-6-4-3-5-7-14;/h3-7,11-13,15-16H,8-10,18H2,1-2H3;1H/t15-,16+;/m0./s1. The van der Waals surface area contributed by atoms with E-state index < -0.39 is 10.0 Å². The highest BCUT2D eigenvalue weighted by atomic mass is 35.5. The van der Waals surface area contributed by atoms with Gasteiger partial charge in [0.05, 0.1) is 6.33 Å². The SMILES string of the molecule is CC(C)Cn1cnc(S(=O)(=O)N2C[C@@H](N)[C@H](c3ccccc3)C2)c1.Cl. The molecule has 2 aromatic rings. The van der Waals surface area contributed by atoms with Crippen molar-refractivity contribution in [2.45, 2.75) is 37.4 Å². The van der Waals surface area contributed by atoms with Crippen molar-refractivity contribution in [3.05, 3.63) is 48.4 Å². The summed E-state index contributed by atoms with van der Waals surface area (Å²) in [7, 11) is -3.61. The summed E-state index contributed by atoms with van der Waals surface area (Å²) in [6, 6.07) is 9.63. The van der Waals surface area contributed by atoms with Gasteiger partial charge in [0.2, 0.25) is 0 Å². The highest BCUT2D eigenvalue weighted by molar-refractivity contribution is 7.89. The molecule has 1 aromatic heterocycles. The molecule has 1 aliphatic heterocycles. The van der Waals surface area contributed by atoms with E-state index in [0.717, 1.165) is 12.1 Å². The van der Waals surface area contributed by atoms with E-state index in [0.29, 0.717) is 19.0 Å². The van der Waals surface area contributed by atoms with Crippen LogP contribution in [0.5, 0.6) is 0 Å². The average Bonchev–Trinajstić information content (AvgIpc) is 3.15. The number of benzene rings is 1. The Hall–Kier alpha value is -1.41. The lowest BCUT2D eigenvalue weighted by atomic mass is 9.95. The van der Waals surface area contributed by atoms with Crippen molar-refractivity contribution >= 4 is 22.4 Å². The molecule has 1 aliphatic rings. The number of halogens is 1. The molecule has 0 radical (unpaired) electrons.